The number of nitrogens with zero attached hydrogens (tertiary/aromatic N) is 2. The number of aromatic nitrogens is 2. The summed E-state index contributed by atoms with van der Waals surface area (Å²) in [6.45, 7) is 3.95. The van der Waals surface area contributed by atoms with Gasteiger partial charge in [-0.15, -0.1) is 0 Å². The summed E-state index contributed by atoms with van der Waals surface area (Å²) < 4.78 is 0. The van der Waals surface area contributed by atoms with Crippen LogP contribution in [0.3, 0.4) is 0 Å². The number of hydrogen-bond acceptors (Lipinski definition) is 8. The van der Waals surface area contributed by atoms with Crippen molar-refractivity contribution in [3.05, 3.63) is 54.3 Å². The van der Waals surface area contributed by atoms with E-state index in [9.17, 15) is 24.3 Å². The molecule has 0 aliphatic rings. The Bertz CT molecular complexity index is 1280. The number of carbonyl (C=O) groups is 4. The summed E-state index contributed by atoms with van der Waals surface area (Å²) in [4.78, 5) is 48.4. The lowest BCUT2D eigenvalue weighted by molar-refractivity contribution is -0.134. The zero-order valence-electron chi connectivity index (χ0n) is 21.0. The molecule has 0 saturated heterocycles. The number of carboxylic acid groups (broad SMARTS) is 4. The molecule has 0 bridgehead atoms. The summed E-state index contributed by atoms with van der Waals surface area (Å²) in [7, 11) is 4.15. The fourth-order valence-electron chi connectivity index (χ4n) is 3.03. The second-order valence-electron chi connectivity index (χ2n) is 8.00. The molecule has 0 amide bonds. The fraction of sp³-hybridized carbons (Fsp3) is 0.240. The van der Waals surface area contributed by atoms with Crippen LogP contribution in [0.25, 0.3) is 21.8 Å². The monoisotopic (exact) mass is 530 g/mol. The van der Waals surface area contributed by atoms with Gasteiger partial charge in [0.25, 0.3) is 0 Å². The van der Waals surface area contributed by atoms with E-state index in [-0.39, 0.29) is 5.75 Å². The predicted octanol–water partition coefficient (Wildman–Crippen LogP) is 2.52. The minimum Gasteiger partial charge on any atom is -0.508 e. The highest BCUT2D eigenvalue weighted by Crippen LogP contribution is 2.33. The number of phenolic OH excluding ortho intramolecular Hbond substituents is 1. The molecule has 0 atom stereocenters. The van der Waals surface area contributed by atoms with E-state index < -0.39 is 23.9 Å². The molecule has 2 aromatic heterocycles. The highest BCUT2D eigenvalue weighted by atomic mass is 16.4. The van der Waals surface area contributed by atoms with Gasteiger partial charge in [-0.2, -0.15) is 0 Å². The second-order valence-corrected chi connectivity index (χ2v) is 8.00. The number of nitrogens with one attached hydrogen (secondary N) is 2. The third kappa shape index (κ3) is 11.2. The van der Waals surface area contributed by atoms with E-state index in [1.165, 1.54) is 0 Å². The molecule has 38 heavy (non-hydrogen) atoms. The smallest absolute Gasteiger partial charge is 0.328 e. The number of aliphatic carboxylic acids is 4. The SMILES string of the molecule is Cc1cnc(NCCCN(C)C)c2c1[nH]c1ccc(O)cc12.O=C(O)/C=C\C(=O)O.O=C(O)/C=C\C(=O)O. The Morgan fingerprint density at radius 1 is 0.947 bits per heavy atom. The van der Waals surface area contributed by atoms with Crippen LogP contribution in [-0.2, 0) is 19.2 Å². The Kier molecular flexibility index (Phi) is 12.5. The molecule has 0 aliphatic heterocycles. The number of H-pyrrole nitrogens is 1. The molecule has 0 aliphatic carbocycles. The molecule has 13 nitrogen and oxygen atoms in total. The van der Waals surface area contributed by atoms with Crippen molar-refractivity contribution in [1.82, 2.24) is 14.9 Å². The summed E-state index contributed by atoms with van der Waals surface area (Å²) in [5.41, 5.74) is 3.19. The second kappa shape index (κ2) is 15.3. The van der Waals surface area contributed by atoms with E-state index in [1.54, 1.807) is 12.1 Å². The Hall–Kier alpha value is -4.91. The number of aromatic amines is 1. The van der Waals surface area contributed by atoms with E-state index in [1.807, 2.05) is 19.2 Å². The molecule has 0 saturated carbocycles. The van der Waals surface area contributed by atoms with Crippen LogP contribution in [0.5, 0.6) is 5.75 Å². The van der Waals surface area contributed by atoms with Gasteiger partial charge in [0, 0.05) is 47.9 Å². The number of benzene rings is 1. The number of anilines is 1. The van der Waals surface area contributed by atoms with Gasteiger partial charge in [0.1, 0.15) is 11.6 Å². The third-order valence-electron chi connectivity index (χ3n) is 4.61. The van der Waals surface area contributed by atoms with Gasteiger partial charge in [-0.25, -0.2) is 24.2 Å². The van der Waals surface area contributed by atoms with E-state index in [2.05, 4.69) is 34.3 Å². The molecule has 0 radical (unpaired) electrons. The summed E-state index contributed by atoms with van der Waals surface area (Å²) in [5, 5.41) is 46.5. The van der Waals surface area contributed by atoms with Crippen molar-refractivity contribution in [2.45, 2.75) is 13.3 Å². The van der Waals surface area contributed by atoms with Crippen molar-refractivity contribution >= 4 is 51.5 Å². The van der Waals surface area contributed by atoms with Gasteiger partial charge in [-0.05, 0) is 57.7 Å². The Morgan fingerprint density at radius 3 is 1.95 bits per heavy atom. The van der Waals surface area contributed by atoms with Crippen LogP contribution in [0.2, 0.25) is 0 Å². The first-order chi connectivity index (χ1) is 17.8. The summed E-state index contributed by atoms with van der Waals surface area (Å²) in [5.74, 6) is -3.88. The minimum absolute atomic E-state index is 0.272. The van der Waals surface area contributed by atoms with Gasteiger partial charge in [-0.1, -0.05) is 0 Å². The highest BCUT2D eigenvalue weighted by molar-refractivity contribution is 6.13. The number of aryl methyl sites for hydroxylation is 1. The lowest BCUT2D eigenvalue weighted by Gasteiger charge is -2.11. The lowest BCUT2D eigenvalue weighted by atomic mass is 10.1. The highest BCUT2D eigenvalue weighted by Gasteiger charge is 2.12. The van der Waals surface area contributed by atoms with Crippen LogP contribution >= 0.6 is 0 Å². The Labute approximate surface area is 217 Å². The number of hydrogen-bond donors (Lipinski definition) is 7. The van der Waals surface area contributed by atoms with Crippen LogP contribution < -0.4 is 5.32 Å². The van der Waals surface area contributed by atoms with Crippen LogP contribution in [-0.4, -0.2) is 91.5 Å². The quantitative estimate of drug-likeness (QED) is 0.157. The van der Waals surface area contributed by atoms with E-state index in [4.69, 9.17) is 20.4 Å². The molecule has 0 unspecified atom stereocenters. The number of carboxylic acids is 4. The fourth-order valence-corrected chi connectivity index (χ4v) is 3.03. The Morgan fingerprint density at radius 2 is 1.47 bits per heavy atom. The maximum Gasteiger partial charge on any atom is 0.328 e. The number of phenols is 1. The molecular formula is C25H30N4O9. The van der Waals surface area contributed by atoms with Gasteiger partial charge in [0.2, 0.25) is 0 Å². The molecular weight excluding hydrogens is 500 g/mol. The van der Waals surface area contributed by atoms with Crippen molar-refractivity contribution in [1.29, 1.82) is 0 Å². The lowest BCUT2D eigenvalue weighted by Crippen LogP contribution is -2.16. The van der Waals surface area contributed by atoms with E-state index >= 15 is 0 Å². The number of aromatic hydroxyl groups is 1. The number of pyridine rings is 1. The molecule has 7 N–H and O–H groups in total. The Balaban J connectivity index is 0.000000374. The first-order valence-corrected chi connectivity index (χ1v) is 11.1. The zero-order chi connectivity index (χ0) is 28.8. The van der Waals surface area contributed by atoms with Crippen molar-refractivity contribution < 1.29 is 44.7 Å². The van der Waals surface area contributed by atoms with Crippen LogP contribution in [0, 0.1) is 6.92 Å². The standard InChI is InChI=1S/C17H22N4O.2C4H4O4/c1-11-10-19-17(18-7-4-8-21(2)3)15-13-9-12(22)5-6-14(13)20-16(11)15;2*5-3(6)1-2-4(7)8/h5-6,9-10,20,22H,4,7-8H2,1-3H3,(H,18,19);2*1-2H,(H,5,6)(H,7,8)/b;2*2-1-. The van der Waals surface area contributed by atoms with Crippen molar-refractivity contribution in [3.8, 4) is 5.75 Å². The maximum atomic E-state index is 9.78. The van der Waals surface area contributed by atoms with Crippen molar-refractivity contribution in [2.24, 2.45) is 0 Å². The van der Waals surface area contributed by atoms with E-state index in [0.717, 1.165) is 52.7 Å². The van der Waals surface area contributed by atoms with Gasteiger partial charge in [0.15, 0.2) is 0 Å². The van der Waals surface area contributed by atoms with Crippen LogP contribution in [0.15, 0.2) is 48.7 Å². The molecule has 1 aromatic carbocycles. The van der Waals surface area contributed by atoms with Gasteiger partial charge < -0.3 is 40.7 Å². The molecule has 0 fully saturated rings. The normalized spacial score (nSPS) is 10.7. The third-order valence-corrected chi connectivity index (χ3v) is 4.61. The largest absolute Gasteiger partial charge is 0.508 e. The van der Waals surface area contributed by atoms with Crippen LogP contribution in [0.1, 0.15) is 12.0 Å². The van der Waals surface area contributed by atoms with Crippen molar-refractivity contribution in [2.75, 3.05) is 32.5 Å². The first kappa shape index (κ1) is 31.1. The minimum atomic E-state index is -1.26. The summed E-state index contributed by atoms with van der Waals surface area (Å²) in [6.07, 6.45) is 5.17. The summed E-state index contributed by atoms with van der Waals surface area (Å²) in [6, 6.07) is 5.39. The average molecular weight is 531 g/mol. The average Bonchev–Trinajstić information content (AvgIpc) is 3.21. The summed E-state index contributed by atoms with van der Waals surface area (Å²) >= 11 is 0. The predicted molar refractivity (Wildman–Crippen MR) is 140 cm³/mol. The maximum absolute atomic E-state index is 9.78. The van der Waals surface area contributed by atoms with Crippen molar-refractivity contribution in [3.63, 3.8) is 0 Å². The zero-order valence-corrected chi connectivity index (χ0v) is 21.0. The van der Waals surface area contributed by atoms with Crippen LogP contribution in [0.4, 0.5) is 5.82 Å². The van der Waals surface area contributed by atoms with Gasteiger partial charge in [-0.3, -0.25) is 0 Å². The molecule has 3 rings (SSSR count). The molecule has 2 heterocycles. The van der Waals surface area contributed by atoms with E-state index in [0.29, 0.717) is 24.3 Å². The molecule has 0 spiro atoms. The number of rotatable bonds is 9. The first-order valence-electron chi connectivity index (χ1n) is 11.1. The molecule has 13 heteroatoms. The molecule has 204 valence electrons. The van der Waals surface area contributed by atoms with Gasteiger partial charge in [0.05, 0.1) is 10.9 Å². The topological polar surface area (TPSA) is 213 Å². The van der Waals surface area contributed by atoms with Gasteiger partial charge >= 0.3 is 23.9 Å². The number of fused-ring (bicyclic) bond motifs is 3. The molecule has 3 aromatic rings.